The fraction of sp³-hybridized carbons (Fsp3) is 0.696. The number of halogens is 2. The number of nitrogens with one attached hydrogen (secondary N) is 1. The molecule has 0 saturated carbocycles. The Morgan fingerprint density at radius 1 is 1.13 bits per heavy atom. The Hall–Kier alpha value is -0.850. The highest BCUT2D eigenvalue weighted by Gasteiger charge is 2.46. The summed E-state index contributed by atoms with van der Waals surface area (Å²) in [4.78, 5) is 20.1. The minimum Gasteiger partial charge on any atom is -0.340 e. The van der Waals surface area contributed by atoms with Crippen molar-refractivity contribution in [2.24, 2.45) is 5.41 Å². The lowest BCUT2D eigenvalue weighted by molar-refractivity contribution is -0.134. The molecule has 1 amide bonds. The van der Waals surface area contributed by atoms with Crippen LogP contribution in [0.5, 0.6) is 0 Å². The van der Waals surface area contributed by atoms with Crippen LogP contribution < -0.4 is 5.32 Å². The van der Waals surface area contributed by atoms with Crippen LogP contribution in [-0.2, 0) is 17.9 Å². The monoisotopic (exact) mass is 456 g/mol. The van der Waals surface area contributed by atoms with E-state index in [1.807, 2.05) is 11.9 Å². The van der Waals surface area contributed by atoms with Gasteiger partial charge in [-0.2, -0.15) is 0 Å². The van der Waals surface area contributed by atoms with Crippen LogP contribution in [0.4, 0.5) is 0 Å². The van der Waals surface area contributed by atoms with Gasteiger partial charge in [-0.1, -0.05) is 24.3 Å². The summed E-state index contributed by atoms with van der Waals surface area (Å²) < 4.78 is 0. The molecule has 1 unspecified atom stereocenters. The summed E-state index contributed by atoms with van der Waals surface area (Å²) in [6, 6.07) is 8.70. The number of hydrogen-bond donors (Lipinski definition) is 1. The average Bonchev–Trinajstić information content (AvgIpc) is 3.31. The smallest absolute Gasteiger partial charge is 0.239 e. The standard InChI is InChI=1S/C23H36N4O.2ClH/c1-25(16-19-7-3-4-8-20(19)17-27-13-5-6-14-27)22(28)21-15-23(18-26(21)2)9-11-24-12-10-23;;/h3-4,7-8,21,24H,5-6,9-18H2,1-2H3;2*1H. The zero-order valence-electron chi connectivity index (χ0n) is 18.4. The topological polar surface area (TPSA) is 38.8 Å². The van der Waals surface area contributed by atoms with E-state index in [2.05, 4.69) is 46.4 Å². The summed E-state index contributed by atoms with van der Waals surface area (Å²) in [5.41, 5.74) is 3.01. The molecule has 0 aromatic heterocycles. The van der Waals surface area contributed by atoms with Gasteiger partial charge < -0.3 is 10.2 Å². The van der Waals surface area contributed by atoms with E-state index in [9.17, 15) is 4.79 Å². The fourth-order valence-electron chi connectivity index (χ4n) is 5.50. The number of likely N-dealkylation sites (N-methyl/N-ethyl adjacent to an activating group) is 2. The number of carbonyl (C=O) groups excluding carboxylic acids is 1. The predicted molar refractivity (Wildman–Crippen MR) is 127 cm³/mol. The highest BCUT2D eigenvalue weighted by Crippen LogP contribution is 2.41. The quantitative estimate of drug-likeness (QED) is 0.738. The first-order valence-electron chi connectivity index (χ1n) is 11.0. The minimum absolute atomic E-state index is 0. The van der Waals surface area contributed by atoms with Gasteiger partial charge in [-0.05, 0) is 81.9 Å². The van der Waals surface area contributed by atoms with Crippen molar-refractivity contribution >= 4 is 30.7 Å². The van der Waals surface area contributed by atoms with Crippen LogP contribution in [0.15, 0.2) is 24.3 Å². The number of hydrogen-bond acceptors (Lipinski definition) is 4. The van der Waals surface area contributed by atoms with E-state index in [-0.39, 0.29) is 36.8 Å². The van der Waals surface area contributed by atoms with Crippen molar-refractivity contribution in [2.75, 3.05) is 46.8 Å². The highest BCUT2D eigenvalue weighted by molar-refractivity contribution is 5.85. The number of amides is 1. The minimum atomic E-state index is 0. The maximum Gasteiger partial charge on any atom is 0.239 e. The van der Waals surface area contributed by atoms with E-state index in [1.165, 1.54) is 49.9 Å². The second-order valence-corrected chi connectivity index (χ2v) is 9.33. The molecule has 1 atom stereocenters. The largest absolute Gasteiger partial charge is 0.340 e. The van der Waals surface area contributed by atoms with Gasteiger partial charge in [-0.3, -0.25) is 14.6 Å². The van der Waals surface area contributed by atoms with Gasteiger partial charge in [0.2, 0.25) is 5.91 Å². The van der Waals surface area contributed by atoms with Gasteiger partial charge in [-0.15, -0.1) is 24.8 Å². The van der Waals surface area contributed by atoms with Crippen molar-refractivity contribution in [1.82, 2.24) is 20.0 Å². The van der Waals surface area contributed by atoms with Gasteiger partial charge in [0, 0.05) is 26.7 Å². The van der Waals surface area contributed by atoms with Crippen LogP contribution in [0.1, 0.15) is 43.2 Å². The summed E-state index contributed by atoms with van der Waals surface area (Å²) in [5, 5.41) is 3.47. The van der Waals surface area contributed by atoms with Crippen molar-refractivity contribution in [2.45, 2.75) is 51.2 Å². The highest BCUT2D eigenvalue weighted by atomic mass is 35.5. The van der Waals surface area contributed by atoms with E-state index in [0.29, 0.717) is 12.0 Å². The van der Waals surface area contributed by atoms with Gasteiger partial charge in [-0.25, -0.2) is 0 Å². The predicted octanol–water partition coefficient (Wildman–Crippen LogP) is 3.16. The first-order valence-corrected chi connectivity index (χ1v) is 11.0. The number of likely N-dealkylation sites (tertiary alicyclic amines) is 2. The van der Waals surface area contributed by atoms with Crippen molar-refractivity contribution in [3.05, 3.63) is 35.4 Å². The Labute approximate surface area is 194 Å². The van der Waals surface area contributed by atoms with Crippen LogP contribution in [-0.4, -0.2) is 73.5 Å². The normalized spacial score (nSPS) is 23.7. The van der Waals surface area contributed by atoms with Gasteiger partial charge in [0.1, 0.15) is 0 Å². The summed E-state index contributed by atoms with van der Waals surface area (Å²) in [6.07, 6.45) is 6.04. The van der Waals surface area contributed by atoms with Crippen molar-refractivity contribution in [3.63, 3.8) is 0 Å². The molecule has 3 saturated heterocycles. The molecular formula is C23H38Cl2N4O. The summed E-state index contributed by atoms with van der Waals surface area (Å²) >= 11 is 0. The third-order valence-corrected chi connectivity index (χ3v) is 7.19. The molecule has 3 aliphatic heterocycles. The Morgan fingerprint density at radius 3 is 2.43 bits per heavy atom. The zero-order valence-corrected chi connectivity index (χ0v) is 20.1. The molecular weight excluding hydrogens is 419 g/mol. The Morgan fingerprint density at radius 2 is 1.77 bits per heavy atom. The molecule has 170 valence electrons. The van der Waals surface area contributed by atoms with Crippen LogP contribution in [0.2, 0.25) is 0 Å². The maximum absolute atomic E-state index is 13.3. The first-order chi connectivity index (χ1) is 13.6. The first kappa shape index (κ1) is 25.4. The molecule has 4 rings (SSSR count). The maximum atomic E-state index is 13.3. The zero-order chi connectivity index (χ0) is 19.6. The van der Waals surface area contributed by atoms with E-state index in [4.69, 9.17) is 0 Å². The summed E-state index contributed by atoms with van der Waals surface area (Å²) in [7, 11) is 4.12. The van der Waals surface area contributed by atoms with Gasteiger partial charge >= 0.3 is 0 Å². The number of carbonyl (C=O) groups is 1. The number of benzene rings is 1. The molecule has 3 fully saturated rings. The van der Waals surface area contributed by atoms with E-state index in [1.54, 1.807) is 0 Å². The molecule has 1 spiro atoms. The second-order valence-electron chi connectivity index (χ2n) is 9.33. The molecule has 3 heterocycles. The van der Waals surface area contributed by atoms with Crippen LogP contribution >= 0.6 is 24.8 Å². The lowest BCUT2D eigenvalue weighted by Crippen LogP contribution is -2.42. The number of rotatable bonds is 5. The molecule has 1 N–H and O–H groups in total. The average molecular weight is 457 g/mol. The van der Waals surface area contributed by atoms with Crippen LogP contribution in [0, 0.1) is 5.41 Å². The van der Waals surface area contributed by atoms with Crippen molar-refractivity contribution < 1.29 is 4.79 Å². The van der Waals surface area contributed by atoms with Crippen molar-refractivity contribution in [1.29, 1.82) is 0 Å². The molecule has 30 heavy (non-hydrogen) atoms. The SMILES string of the molecule is CN(Cc1ccccc1CN1CCCC1)C(=O)C1CC2(CCNCC2)CN1C.Cl.Cl. The fourth-order valence-corrected chi connectivity index (χ4v) is 5.50. The van der Waals surface area contributed by atoms with Gasteiger partial charge in [0.25, 0.3) is 0 Å². The molecule has 1 aromatic carbocycles. The van der Waals surface area contributed by atoms with E-state index >= 15 is 0 Å². The third kappa shape index (κ3) is 5.68. The molecule has 3 aliphatic rings. The van der Waals surface area contributed by atoms with E-state index in [0.717, 1.165) is 32.6 Å². The van der Waals surface area contributed by atoms with Gasteiger partial charge in [0.05, 0.1) is 6.04 Å². The summed E-state index contributed by atoms with van der Waals surface area (Å²) in [5.74, 6) is 0.286. The number of nitrogens with zero attached hydrogens (tertiary/aromatic N) is 3. The Balaban J connectivity index is 0.00000160. The second kappa shape index (κ2) is 11.1. The molecule has 0 bridgehead atoms. The van der Waals surface area contributed by atoms with Crippen molar-refractivity contribution in [3.8, 4) is 0 Å². The Bertz CT molecular complexity index is 690. The molecule has 7 heteroatoms. The van der Waals surface area contributed by atoms with Gasteiger partial charge in [0.15, 0.2) is 0 Å². The molecule has 1 aromatic rings. The molecule has 0 radical (unpaired) electrons. The molecule has 5 nitrogen and oxygen atoms in total. The summed E-state index contributed by atoms with van der Waals surface area (Å²) in [6.45, 7) is 7.37. The van der Waals surface area contributed by atoms with E-state index < -0.39 is 0 Å². The number of piperidine rings is 1. The third-order valence-electron chi connectivity index (χ3n) is 7.19. The molecule has 0 aliphatic carbocycles. The van der Waals surface area contributed by atoms with Crippen LogP contribution in [0.25, 0.3) is 0 Å². The lowest BCUT2D eigenvalue weighted by atomic mass is 9.77. The lowest BCUT2D eigenvalue weighted by Gasteiger charge is -2.33. The Kier molecular flexibility index (Phi) is 9.44. The van der Waals surface area contributed by atoms with Crippen LogP contribution in [0.3, 0.4) is 0 Å².